The van der Waals surface area contributed by atoms with Gasteiger partial charge in [-0.3, -0.25) is 0 Å². The largest absolute Gasteiger partial charge is 0.508 e. The normalized spacial score (nSPS) is 20.3. The molecule has 0 radical (unpaired) electrons. The molecule has 0 aromatic heterocycles. The van der Waals surface area contributed by atoms with Gasteiger partial charge in [-0.2, -0.15) is 0 Å². The van der Waals surface area contributed by atoms with Crippen LogP contribution in [0, 0.1) is 6.92 Å². The van der Waals surface area contributed by atoms with Gasteiger partial charge < -0.3 is 9.84 Å². The second-order valence-corrected chi connectivity index (χ2v) is 3.38. The molecule has 0 bridgehead atoms. The van der Waals surface area contributed by atoms with Crippen molar-refractivity contribution in [3.8, 4) is 11.5 Å². The zero-order valence-corrected chi connectivity index (χ0v) is 7.29. The van der Waals surface area contributed by atoms with Crippen molar-refractivity contribution in [1.29, 1.82) is 0 Å². The number of rotatable bonds is 0. The van der Waals surface area contributed by atoms with Crippen molar-refractivity contribution in [3.05, 3.63) is 23.3 Å². The quantitative estimate of drug-likeness (QED) is 0.635. The third kappa shape index (κ3) is 1.04. The zero-order chi connectivity index (χ0) is 8.72. The minimum Gasteiger partial charge on any atom is -0.508 e. The van der Waals surface area contributed by atoms with Gasteiger partial charge in [0.25, 0.3) is 0 Å². The summed E-state index contributed by atoms with van der Waals surface area (Å²) in [4.78, 5) is 0. The molecular weight excluding hydrogens is 152 g/mol. The van der Waals surface area contributed by atoms with Gasteiger partial charge in [-0.1, -0.05) is 0 Å². The van der Waals surface area contributed by atoms with E-state index in [4.69, 9.17) is 4.74 Å². The first-order valence-corrected chi connectivity index (χ1v) is 4.16. The summed E-state index contributed by atoms with van der Waals surface area (Å²) in [6.07, 6.45) is 1.16. The fourth-order valence-corrected chi connectivity index (χ4v) is 1.55. The molecule has 2 nitrogen and oxygen atoms in total. The third-order valence-corrected chi connectivity index (χ3v) is 2.21. The highest BCUT2D eigenvalue weighted by molar-refractivity contribution is 5.47. The molecule has 64 valence electrons. The van der Waals surface area contributed by atoms with Gasteiger partial charge >= 0.3 is 0 Å². The summed E-state index contributed by atoms with van der Waals surface area (Å²) in [6.45, 7) is 3.91. The van der Waals surface area contributed by atoms with Crippen LogP contribution in [-0.2, 0) is 6.42 Å². The van der Waals surface area contributed by atoms with Crippen LogP contribution in [-0.4, -0.2) is 11.2 Å². The Balaban J connectivity index is 2.48. The van der Waals surface area contributed by atoms with Crippen molar-refractivity contribution in [2.45, 2.75) is 26.4 Å². The lowest BCUT2D eigenvalue weighted by molar-refractivity contribution is 0.254. The van der Waals surface area contributed by atoms with E-state index in [9.17, 15) is 5.11 Å². The summed E-state index contributed by atoms with van der Waals surface area (Å²) >= 11 is 0. The second kappa shape index (κ2) is 2.41. The summed E-state index contributed by atoms with van der Waals surface area (Å²) in [6, 6.07) is 3.70. The van der Waals surface area contributed by atoms with Gasteiger partial charge in [0.1, 0.15) is 17.6 Å². The van der Waals surface area contributed by atoms with E-state index >= 15 is 0 Å². The molecule has 0 fully saturated rings. The van der Waals surface area contributed by atoms with Crippen molar-refractivity contribution >= 4 is 0 Å². The van der Waals surface area contributed by atoms with Crippen LogP contribution in [0.1, 0.15) is 18.1 Å². The van der Waals surface area contributed by atoms with Crippen molar-refractivity contribution in [2.75, 3.05) is 0 Å². The molecule has 1 unspecified atom stereocenters. The monoisotopic (exact) mass is 164 g/mol. The summed E-state index contributed by atoms with van der Waals surface area (Å²) in [5.41, 5.74) is 1.99. The molecule has 1 atom stereocenters. The van der Waals surface area contributed by atoms with Crippen molar-refractivity contribution in [1.82, 2.24) is 0 Å². The molecule has 0 spiro atoms. The van der Waals surface area contributed by atoms with Crippen LogP contribution in [0.3, 0.4) is 0 Å². The molecule has 1 aromatic carbocycles. The van der Waals surface area contributed by atoms with E-state index in [1.807, 2.05) is 19.9 Å². The Morgan fingerprint density at radius 2 is 2.25 bits per heavy atom. The Hall–Kier alpha value is -1.18. The second-order valence-electron chi connectivity index (χ2n) is 3.38. The summed E-state index contributed by atoms with van der Waals surface area (Å²) in [5, 5.41) is 9.41. The number of aryl methyl sites for hydroxylation is 1. The summed E-state index contributed by atoms with van der Waals surface area (Å²) in [5.74, 6) is 1.30. The Kier molecular flexibility index (Phi) is 1.50. The summed E-state index contributed by atoms with van der Waals surface area (Å²) in [7, 11) is 0. The average Bonchev–Trinajstić information content (AvgIpc) is 2.30. The van der Waals surface area contributed by atoms with E-state index in [2.05, 4.69) is 0 Å². The van der Waals surface area contributed by atoms with Gasteiger partial charge in [0.05, 0.1) is 0 Å². The van der Waals surface area contributed by atoms with Crippen molar-refractivity contribution in [3.63, 3.8) is 0 Å². The molecule has 12 heavy (non-hydrogen) atoms. The maximum Gasteiger partial charge on any atom is 0.123 e. The van der Waals surface area contributed by atoms with E-state index in [1.54, 1.807) is 6.07 Å². The molecule has 0 amide bonds. The number of ether oxygens (including phenoxy) is 1. The first-order valence-electron chi connectivity index (χ1n) is 4.16. The Morgan fingerprint density at radius 3 is 3.00 bits per heavy atom. The Labute approximate surface area is 71.8 Å². The highest BCUT2D eigenvalue weighted by atomic mass is 16.5. The lowest BCUT2D eigenvalue weighted by atomic mass is 10.1. The van der Waals surface area contributed by atoms with E-state index in [-0.39, 0.29) is 6.10 Å². The highest BCUT2D eigenvalue weighted by Crippen LogP contribution is 2.33. The smallest absolute Gasteiger partial charge is 0.123 e. The molecule has 1 aliphatic rings. The fourth-order valence-electron chi connectivity index (χ4n) is 1.55. The van der Waals surface area contributed by atoms with Crippen LogP contribution < -0.4 is 4.74 Å². The molecule has 0 saturated carbocycles. The minimum absolute atomic E-state index is 0.251. The van der Waals surface area contributed by atoms with Crippen LogP contribution in [0.15, 0.2) is 12.1 Å². The van der Waals surface area contributed by atoms with E-state index in [0.29, 0.717) is 5.75 Å². The fraction of sp³-hybridized carbons (Fsp3) is 0.400. The first kappa shape index (κ1) is 7.47. The lowest BCUT2D eigenvalue weighted by Gasteiger charge is -2.03. The Bertz CT molecular complexity index is 287. The number of phenols is 1. The topological polar surface area (TPSA) is 29.5 Å². The number of benzene rings is 1. The number of hydrogen-bond donors (Lipinski definition) is 1. The van der Waals surface area contributed by atoms with Gasteiger partial charge in [-0.05, 0) is 31.5 Å². The third-order valence-electron chi connectivity index (χ3n) is 2.21. The van der Waals surface area contributed by atoms with Crippen LogP contribution in [0.5, 0.6) is 11.5 Å². The zero-order valence-electron chi connectivity index (χ0n) is 7.29. The minimum atomic E-state index is 0.251. The number of hydrogen-bond acceptors (Lipinski definition) is 2. The van der Waals surface area contributed by atoms with E-state index < -0.39 is 0 Å². The number of phenolic OH excluding ortho intramolecular Hbond substituents is 1. The molecule has 0 aliphatic carbocycles. The van der Waals surface area contributed by atoms with Gasteiger partial charge in [0.2, 0.25) is 0 Å². The Morgan fingerprint density at radius 1 is 1.50 bits per heavy atom. The molecule has 1 aromatic rings. The molecule has 0 saturated heterocycles. The number of fused-ring (bicyclic) bond motifs is 1. The van der Waals surface area contributed by atoms with Crippen LogP contribution in [0.4, 0.5) is 0 Å². The molecule has 1 N–H and O–H groups in total. The number of aromatic hydroxyl groups is 1. The molecular formula is C10H12O2. The standard InChI is InChI=1S/C10H12O2/c1-6-3-10-8(5-9(6)11)4-7(2)12-10/h3,5,7,11H,4H2,1-2H3. The molecule has 2 heteroatoms. The SMILES string of the molecule is Cc1cc2c(cc1O)CC(C)O2. The highest BCUT2D eigenvalue weighted by Gasteiger charge is 2.19. The van der Waals surface area contributed by atoms with Crippen molar-refractivity contribution in [2.24, 2.45) is 0 Å². The van der Waals surface area contributed by atoms with Gasteiger partial charge in [-0.25, -0.2) is 0 Å². The van der Waals surface area contributed by atoms with Gasteiger partial charge in [0.15, 0.2) is 0 Å². The van der Waals surface area contributed by atoms with Crippen LogP contribution in [0.25, 0.3) is 0 Å². The molecule has 2 rings (SSSR count). The maximum absolute atomic E-state index is 9.41. The van der Waals surface area contributed by atoms with Crippen LogP contribution >= 0.6 is 0 Å². The van der Waals surface area contributed by atoms with E-state index in [1.165, 1.54) is 0 Å². The average molecular weight is 164 g/mol. The molecule has 1 aliphatic heterocycles. The summed E-state index contributed by atoms with van der Waals surface area (Å²) < 4.78 is 5.53. The predicted octanol–water partition coefficient (Wildman–Crippen LogP) is 2.02. The lowest BCUT2D eigenvalue weighted by Crippen LogP contribution is -2.05. The first-order chi connectivity index (χ1) is 5.66. The van der Waals surface area contributed by atoms with E-state index in [0.717, 1.165) is 23.3 Å². The molecule has 1 heterocycles. The van der Waals surface area contributed by atoms with Crippen molar-refractivity contribution < 1.29 is 9.84 Å². The maximum atomic E-state index is 9.41. The van der Waals surface area contributed by atoms with Gasteiger partial charge in [-0.15, -0.1) is 0 Å². The van der Waals surface area contributed by atoms with Gasteiger partial charge in [0, 0.05) is 12.0 Å². The predicted molar refractivity (Wildman–Crippen MR) is 46.6 cm³/mol. The van der Waals surface area contributed by atoms with Crippen LogP contribution in [0.2, 0.25) is 0 Å².